The average molecular weight is 1010 g/mol. The fraction of sp³-hybridized carbons (Fsp3) is 1.00. The Bertz CT molecular complexity index is 796. The first-order valence-corrected chi connectivity index (χ1v) is 35.5. The minimum atomic E-state index is 0.375. The number of hydrogen-bond acceptors (Lipinski definition) is 1. The first-order valence-electron chi connectivity index (χ1n) is 35.5. The number of unbranched alkanes of at least 4 members (excludes halogenated alkanes) is 68. The number of rotatable bonds is 69. The summed E-state index contributed by atoms with van der Waals surface area (Å²) >= 11 is 0. The SMILES string of the molecule is CCCCCCCCCCCCCCCCCCCCCCCCCCCCCCCCCCCCCCCCCCCCCCCCCCCCCCCCCCCCCCCCCCCCCCCO. The third-order valence-electron chi connectivity index (χ3n) is 17.3. The fourth-order valence-electron chi connectivity index (χ4n) is 12.0. The molecule has 0 rings (SSSR count). The van der Waals surface area contributed by atoms with E-state index in [1.165, 1.54) is 437 Å². The molecule has 0 bridgehead atoms. The molecule has 0 spiro atoms. The van der Waals surface area contributed by atoms with Gasteiger partial charge in [-0.05, 0) is 6.42 Å². The van der Waals surface area contributed by atoms with Gasteiger partial charge < -0.3 is 5.11 Å². The maximum Gasteiger partial charge on any atom is 0.0431 e. The molecule has 0 saturated carbocycles. The molecule has 0 aliphatic rings. The summed E-state index contributed by atoms with van der Waals surface area (Å²) in [5.74, 6) is 0. The van der Waals surface area contributed by atoms with Gasteiger partial charge in [0, 0.05) is 6.61 Å². The molecule has 1 heteroatoms. The Morgan fingerprint density at radius 3 is 0.250 bits per heavy atom. The van der Waals surface area contributed by atoms with Crippen LogP contribution in [-0.2, 0) is 0 Å². The van der Waals surface area contributed by atoms with Crippen LogP contribution in [0.25, 0.3) is 0 Å². The van der Waals surface area contributed by atoms with Gasteiger partial charge in [-0.2, -0.15) is 0 Å². The summed E-state index contributed by atoms with van der Waals surface area (Å²) < 4.78 is 0. The number of hydrogen-bond donors (Lipinski definition) is 1. The third-order valence-corrected chi connectivity index (χ3v) is 17.3. The fourth-order valence-corrected chi connectivity index (χ4v) is 12.0. The van der Waals surface area contributed by atoms with Crippen molar-refractivity contribution < 1.29 is 5.11 Å². The molecule has 0 aromatic heterocycles. The van der Waals surface area contributed by atoms with Gasteiger partial charge in [0.05, 0.1) is 0 Å². The Morgan fingerprint density at radius 2 is 0.181 bits per heavy atom. The smallest absolute Gasteiger partial charge is 0.0431 e. The lowest BCUT2D eigenvalue weighted by molar-refractivity contribution is 0.282. The summed E-state index contributed by atoms with van der Waals surface area (Å²) in [6, 6.07) is 0. The van der Waals surface area contributed by atoms with Crippen LogP contribution in [0.4, 0.5) is 0 Å². The molecule has 0 heterocycles. The van der Waals surface area contributed by atoms with Crippen LogP contribution in [0.1, 0.15) is 450 Å². The second-order valence-electron chi connectivity index (χ2n) is 24.8. The highest BCUT2D eigenvalue weighted by Crippen LogP contribution is 2.21. The second kappa shape index (κ2) is 71.0. The lowest BCUT2D eigenvalue weighted by atomic mass is 10.0. The molecule has 0 aromatic carbocycles. The van der Waals surface area contributed by atoms with Gasteiger partial charge in [0.25, 0.3) is 0 Å². The van der Waals surface area contributed by atoms with Crippen molar-refractivity contribution in [2.75, 3.05) is 6.61 Å². The van der Waals surface area contributed by atoms with Crippen LogP contribution in [0.2, 0.25) is 0 Å². The molecule has 434 valence electrons. The van der Waals surface area contributed by atoms with E-state index < -0.39 is 0 Å². The minimum absolute atomic E-state index is 0.375. The topological polar surface area (TPSA) is 20.2 Å². The molecule has 0 aliphatic heterocycles. The Kier molecular flexibility index (Phi) is 70.9. The number of aliphatic hydroxyl groups is 1. The first kappa shape index (κ1) is 72.0. The summed E-state index contributed by atoms with van der Waals surface area (Å²) in [6.07, 6.45) is 101. The van der Waals surface area contributed by atoms with E-state index in [0.29, 0.717) is 6.61 Å². The van der Waals surface area contributed by atoms with Crippen molar-refractivity contribution in [3.05, 3.63) is 0 Å². The molecule has 0 unspecified atom stereocenters. The predicted octanol–water partition coefficient (Wildman–Crippen LogP) is 26.9. The van der Waals surface area contributed by atoms with Crippen LogP contribution >= 0.6 is 0 Å². The minimum Gasteiger partial charge on any atom is -0.396 e. The first-order chi connectivity index (χ1) is 35.9. The van der Waals surface area contributed by atoms with Gasteiger partial charge in [0.2, 0.25) is 0 Å². The van der Waals surface area contributed by atoms with Gasteiger partial charge >= 0.3 is 0 Å². The lowest BCUT2D eigenvalue weighted by Gasteiger charge is -2.05. The van der Waals surface area contributed by atoms with Crippen LogP contribution in [-0.4, -0.2) is 11.7 Å². The molecular formula is C71H144O. The van der Waals surface area contributed by atoms with Crippen molar-refractivity contribution in [3.8, 4) is 0 Å². The van der Waals surface area contributed by atoms with Crippen LogP contribution in [0.5, 0.6) is 0 Å². The summed E-state index contributed by atoms with van der Waals surface area (Å²) in [7, 11) is 0. The van der Waals surface area contributed by atoms with Gasteiger partial charge in [-0.25, -0.2) is 0 Å². The van der Waals surface area contributed by atoms with Gasteiger partial charge in [0.1, 0.15) is 0 Å². The molecule has 0 fully saturated rings. The van der Waals surface area contributed by atoms with Crippen molar-refractivity contribution in [1.29, 1.82) is 0 Å². The van der Waals surface area contributed by atoms with Crippen LogP contribution in [0.3, 0.4) is 0 Å². The molecule has 72 heavy (non-hydrogen) atoms. The average Bonchev–Trinajstić information content (AvgIpc) is 3.39. The zero-order valence-electron chi connectivity index (χ0n) is 50.9. The largest absolute Gasteiger partial charge is 0.396 e. The van der Waals surface area contributed by atoms with E-state index in [-0.39, 0.29) is 0 Å². The Morgan fingerprint density at radius 1 is 0.111 bits per heavy atom. The summed E-state index contributed by atoms with van der Waals surface area (Å²) in [5.41, 5.74) is 0. The van der Waals surface area contributed by atoms with Gasteiger partial charge in [-0.1, -0.05) is 444 Å². The van der Waals surface area contributed by atoms with Crippen LogP contribution in [0, 0.1) is 0 Å². The number of aliphatic hydroxyl groups excluding tert-OH is 1. The van der Waals surface area contributed by atoms with Crippen LogP contribution < -0.4 is 0 Å². The van der Waals surface area contributed by atoms with Gasteiger partial charge in [-0.15, -0.1) is 0 Å². The van der Waals surface area contributed by atoms with E-state index in [9.17, 15) is 0 Å². The van der Waals surface area contributed by atoms with Crippen molar-refractivity contribution >= 4 is 0 Å². The van der Waals surface area contributed by atoms with Crippen molar-refractivity contribution in [3.63, 3.8) is 0 Å². The van der Waals surface area contributed by atoms with Gasteiger partial charge in [0.15, 0.2) is 0 Å². The molecule has 0 atom stereocenters. The Hall–Kier alpha value is -0.0400. The van der Waals surface area contributed by atoms with Crippen LogP contribution in [0.15, 0.2) is 0 Å². The quantitative estimate of drug-likeness (QED) is 0.0602. The lowest BCUT2D eigenvalue weighted by Crippen LogP contribution is -1.85. The highest BCUT2D eigenvalue weighted by Gasteiger charge is 2.01. The van der Waals surface area contributed by atoms with E-state index in [4.69, 9.17) is 5.11 Å². The standard InChI is InChI=1S/C71H144O/c1-2-3-4-5-6-7-8-9-10-11-12-13-14-15-16-17-18-19-20-21-22-23-24-25-26-27-28-29-30-31-32-33-34-35-36-37-38-39-40-41-42-43-44-45-46-47-48-49-50-51-52-53-54-55-56-57-58-59-60-61-62-63-64-65-66-67-68-69-70-71-72/h72H,2-71H2,1H3. The molecule has 0 amide bonds. The van der Waals surface area contributed by atoms with Crippen molar-refractivity contribution in [2.24, 2.45) is 0 Å². The van der Waals surface area contributed by atoms with E-state index in [0.717, 1.165) is 6.42 Å². The molecule has 0 radical (unpaired) electrons. The van der Waals surface area contributed by atoms with E-state index in [1.54, 1.807) is 0 Å². The molecule has 0 saturated heterocycles. The third kappa shape index (κ3) is 70.0. The molecule has 0 aromatic rings. The molecular weight excluding hydrogens is 869 g/mol. The zero-order valence-corrected chi connectivity index (χ0v) is 50.9. The highest BCUT2D eigenvalue weighted by molar-refractivity contribution is 4.56. The van der Waals surface area contributed by atoms with Gasteiger partial charge in [-0.3, -0.25) is 0 Å². The van der Waals surface area contributed by atoms with Crippen molar-refractivity contribution in [2.45, 2.75) is 450 Å². The maximum absolute atomic E-state index is 8.84. The van der Waals surface area contributed by atoms with E-state index in [2.05, 4.69) is 6.92 Å². The molecule has 1 N–H and O–H groups in total. The maximum atomic E-state index is 8.84. The molecule has 1 nitrogen and oxygen atoms in total. The summed E-state index contributed by atoms with van der Waals surface area (Å²) in [4.78, 5) is 0. The predicted molar refractivity (Wildman–Crippen MR) is 331 cm³/mol. The monoisotopic (exact) mass is 1010 g/mol. The second-order valence-corrected chi connectivity index (χ2v) is 24.8. The normalized spacial score (nSPS) is 11.8. The van der Waals surface area contributed by atoms with E-state index in [1.807, 2.05) is 0 Å². The highest BCUT2D eigenvalue weighted by atomic mass is 16.2. The van der Waals surface area contributed by atoms with Crippen molar-refractivity contribution in [1.82, 2.24) is 0 Å². The zero-order chi connectivity index (χ0) is 51.5. The van der Waals surface area contributed by atoms with E-state index >= 15 is 0 Å². The summed E-state index contributed by atoms with van der Waals surface area (Å²) in [5, 5.41) is 8.84. The Balaban J connectivity index is 3.07. The Labute approximate surface area is 459 Å². The molecule has 0 aliphatic carbocycles. The summed E-state index contributed by atoms with van der Waals surface area (Å²) in [6.45, 7) is 2.69.